The molecule has 0 radical (unpaired) electrons. The van der Waals surface area contributed by atoms with E-state index in [1.807, 2.05) is 0 Å². The first-order valence-electron chi connectivity index (χ1n) is 19.2. The van der Waals surface area contributed by atoms with Gasteiger partial charge in [0.05, 0.1) is 0 Å². The Balaban J connectivity index is 1.41. The Bertz CT molecular complexity index is 1970. The van der Waals surface area contributed by atoms with Gasteiger partial charge in [0.25, 0.3) is 0 Å². The van der Waals surface area contributed by atoms with Gasteiger partial charge in [-0.05, 0) is 0 Å². The van der Waals surface area contributed by atoms with Crippen LogP contribution in [0.5, 0.6) is 0 Å². The Morgan fingerprint density at radius 1 is 0.720 bits per heavy atom. The molecule has 1 fully saturated rings. The third kappa shape index (κ3) is 5.97. The van der Waals surface area contributed by atoms with Crippen molar-refractivity contribution in [2.45, 2.75) is 105 Å². The fourth-order valence-corrected chi connectivity index (χ4v) is 41.0. The van der Waals surface area contributed by atoms with E-state index >= 15 is 0 Å². The predicted molar refractivity (Wildman–Crippen MR) is 221 cm³/mol. The summed E-state index contributed by atoms with van der Waals surface area (Å²) in [6.45, 7) is 18.7. The molecule has 0 nitrogen and oxygen atoms in total. The van der Waals surface area contributed by atoms with Crippen LogP contribution in [0.4, 0.5) is 0 Å². The molecule has 0 amide bonds. The second-order valence-electron chi connectivity index (χ2n) is 17.2. The van der Waals surface area contributed by atoms with Crippen molar-refractivity contribution >= 4 is 35.1 Å². The summed E-state index contributed by atoms with van der Waals surface area (Å²) in [7, 11) is 17.6. The molecule has 0 bridgehead atoms. The van der Waals surface area contributed by atoms with Gasteiger partial charge in [0, 0.05) is 0 Å². The van der Waals surface area contributed by atoms with E-state index in [1.54, 1.807) is 5.57 Å². The van der Waals surface area contributed by atoms with Gasteiger partial charge in [0.1, 0.15) is 0 Å². The van der Waals surface area contributed by atoms with Gasteiger partial charge in [0.15, 0.2) is 0 Å². The van der Waals surface area contributed by atoms with Crippen LogP contribution in [0.3, 0.4) is 0 Å². The minimum absolute atomic E-state index is 0.120. The fourth-order valence-electron chi connectivity index (χ4n) is 9.61. The second kappa shape index (κ2) is 13.5. The number of benzene rings is 4. The van der Waals surface area contributed by atoms with E-state index < -0.39 is 21.5 Å². The van der Waals surface area contributed by atoms with Crippen molar-refractivity contribution in [3.05, 3.63) is 129 Å². The summed E-state index contributed by atoms with van der Waals surface area (Å²) in [5, 5.41) is 0. The molecular formula is C46H55Cl2SiZr. The summed E-state index contributed by atoms with van der Waals surface area (Å²) >= 11 is -4.86. The maximum absolute atomic E-state index is 8.82. The zero-order valence-corrected chi connectivity index (χ0v) is 36.5. The summed E-state index contributed by atoms with van der Waals surface area (Å²) < 4.78 is 0.259. The quantitative estimate of drug-likeness (QED) is 0.156. The Morgan fingerprint density at radius 3 is 1.74 bits per heavy atom. The normalized spacial score (nSPS) is 20.1. The second-order valence-corrected chi connectivity index (χ2v) is 59.7. The first kappa shape index (κ1) is 36.4. The van der Waals surface area contributed by atoms with Gasteiger partial charge in [-0.2, -0.15) is 0 Å². The van der Waals surface area contributed by atoms with Crippen LogP contribution in [0.15, 0.2) is 96.1 Å². The molecule has 0 spiro atoms. The predicted octanol–water partition coefficient (Wildman–Crippen LogP) is 14.6. The van der Waals surface area contributed by atoms with E-state index in [4.69, 9.17) is 17.0 Å². The Labute approximate surface area is 311 Å². The van der Waals surface area contributed by atoms with Gasteiger partial charge in [-0.15, -0.1) is 0 Å². The van der Waals surface area contributed by atoms with Crippen molar-refractivity contribution in [1.82, 2.24) is 0 Å². The molecule has 4 heteroatoms. The van der Waals surface area contributed by atoms with Gasteiger partial charge in [0.2, 0.25) is 0 Å². The molecule has 0 heterocycles. The number of fused-ring (bicyclic) bond motifs is 2. The average Bonchev–Trinajstić information content (AvgIpc) is 3.85. The molecule has 2 unspecified atom stereocenters. The van der Waals surface area contributed by atoms with Crippen molar-refractivity contribution in [2.75, 3.05) is 0 Å². The number of hydrogen-bond donors (Lipinski definition) is 0. The number of rotatable bonds is 8. The van der Waals surface area contributed by atoms with Crippen LogP contribution in [-0.4, -0.2) is 5.92 Å². The van der Waals surface area contributed by atoms with E-state index in [2.05, 4.69) is 152 Å². The van der Waals surface area contributed by atoms with Crippen LogP contribution in [0.2, 0.25) is 13.1 Å². The summed E-state index contributed by atoms with van der Waals surface area (Å²) in [5.41, 5.74) is 16.6. The van der Waals surface area contributed by atoms with E-state index in [9.17, 15) is 0 Å². The fraction of sp³-hybridized carbons (Fsp3) is 0.391. The molecular weight excluding hydrogens is 743 g/mol. The zero-order chi connectivity index (χ0) is 35.6. The van der Waals surface area contributed by atoms with Crippen LogP contribution < -0.4 is 0 Å². The molecule has 2 atom stereocenters. The van der Waals surface area contributed by atoms with Gasteiger partial charge in [-0.1, -0.05) is 0 Å². The zero-order valence-electron chi connectivity index (χ0n) is 31.4. The van der Waals surface area contributed by atoms with Gasteiger partial charge >= 0.3 is 314 Å². The van der Waals surface area contributed by atoms with Gasteiger partial charge in [-0.25, -0.2) is 0 Å². The molecule has 0 saturated heterocycles. The number of halogens is 2. The molecule has 261 valence electrons. The average molecular weight is 798 g/mol. The van der Waals surface area contributed by atoms with Crippen molar-refractivity contribution in [3.8, 4) is 22.3 Å². The summed E-state index contributed by atoms with van der Waals surface area (Å²) in [6, 6.07) is 32.5. The first-order chi connectivity index (χ1) is 23.7. The van der Waals surface area contributed by atoms with E-state index in [0.717, 1.165) is 6.42 Å². The molecule has 0 N–H and O–H groups in total. The molecule has 4 aromatic carbocycles. The van der Waals surface area contributed by atoms with Crippen molar-refractivity contribution in [1.29, 1.82) is 0 Å². The Hall–Kier alpha value is -1.96. The molecule has 0 aromatic heterocycles. The molecule has 3 aliphatic carbocycles. The van der Waals surface area contributed by atoms with E-state index in [1.165, 1.54) is 86.9 Å². The number of allylic oxidation sites excluding steroid dienone is 2. The maximum atomic E-state index is 8.82. The van der Waals surface area contributed by atoms with Crippen molar-refractivity contribution in [3.63, 3.8) is 0 Å². The molecule has 7 rings (SSSR count). The van der Waals surface area contributed by atoms with Crippen molar-refractivity contribution in [2.24, 2.45) is 5.92 Å². The first-order valence-corrected chi connectivity index (χ1v) is 35.5. The van der Waals surface area contributed by atoms with Gasteiger partial charge in [-0.3, -0.25) is 0 Å². The minimum atomic E-state index is -4.86. The SMILES string of the molecule is CCC1=Cc2c(-c3ccc(C(C)(C)C)cc3)cccc2[CH]1[Zr]([Cl])([Cl])([CH]1C(C2CCCC2)=Cc2c(-c3ccc(C(C)C)cc3)cccc21)[SiH](C)C. The van der Waals surface area contributed by atoms with E-state index in [0.29, 0.717) is 11.8 Å². The monoisotopic (exact) mass is 795 g/mol. The third-order valence-electron chi connectivity index (χ3n) is 12.6. The van der Waals surface area contributed by atoms with Crippen LogP contribution in [-0.2, 0) is 21.0 Å². The van der Waals surface area contributed by atoms with E-state index in [-0.39, 0.29) is 12.7 Å². The molecule has 1 saturated carbocycles. The summed E-state index contributed by atoms with van der Waals surface area (Å²) in [5.74, 6) is -0.564. The standard InChI is InChI=1S/C23H25.C21H23.C2H7Si.2ClH.Zr/c1-16(2)17-10-12-19(13-11-17)22-9-5-8-20-14-21(15-23(20)22)18-6-3-4-7-18;1-5-15-13-17-7-6-8-19(20(17)14-15)16-9-11-18(12-10-16)21(2,3)4;1-3-2;;;/h5,8-16,18H,3-4,6-7H2,1-2H3;6-14H,5H2,1-4H3;3H,1-2H3;2*1H;/q;;;;;+2/p-2. The molecule has 3 aliphatic rings. The molecule has 0 aliphatic heterocycles. The molecule has 4 aromatic rings. The Morgan fingerprint density at radius 2 is 1.24 bits per heavy atom. The van der Waals surface area contributed by atoms with Crippen LogP contribution in [0.25, 0.3) is 34.4 Å². The van der Waals surface area contributed by atoms with Crippen LogP contribution in [0.1, 0.15) is 120 Å². The summed E-state index contributed by atoms with van der Waals surface area (Å²) in [6.07, 6.45) is 11.2. The Kier molecular flexibility index (Phi) is 9.81. The topological polar surface area (TPSA) is 0 Å². The molecule has 50 heavy (non-hydrogen) atoms. The van der Waals surface area contributed by atoms with Gasteiger partial charge < -0.3 is 0 Å². The number of hydrogen-bond acceptors (Lipinski definition) is 0. The van der Waals surface area contributed by atoms with Crippen LogP contribution in [0, 0.1) is 5.92 Å². The van der Waals surface area contributed by atoms with Crippen LogP contribution >= 0.6 is 17.0 Å². The third-order valence-corrected chi connectivity index (χ3v) is 64.4. The van der Waals surface area contributed by atoms with Crippen molar-refractivity contribution < 1.29 is 15.6 Å². The summed E-state index contributed by atoms with van der Waals surface area (Å²) in [4.78, 5) is 0.